The summed E-state index contributed by atoms with van der Waals surface area (Å²) in [5.41, 5.74) is 1.13. The van der Waals surface area contributed by atoms with Gasteiger partial charge in [0.1, 0.15) is 0 Å². The molecule has 0 aliphatic rings. The van der Waals surface area contributed by atoms with E-state index in [1.165, 1.54) is 0 Å². The fraction of sp³-hybridized carbons (Fsp3) is 0.538. The molecule has 0 bridgehead atoms. The van der Waals surface area contributed by atoms with Gasteiger partial charge in [-0.25, -0.2) is 0 Å². The Bertz CT molecular complexity index is 378. The lowest BCUT2D eigenvalue weighted by atomic mass is 10.2. The van der Waals surface area contributed by atoms with Gasteiger partial charge in [0.2, 0.25) is 0 Å². The smallest absolute Gasteiger partial charge is 0.307 e. The first-order chi connectivity index (χ1) is 8.78. The van der Waals surface area contributed by atoms with Gasteiger partial charge in [0.25, 0.3) is 0 Å². The Hall–Kier alpha value is -0.590. The van der Waals surface area contributed by atoms with Crippen molar-refractivity contribution in [3.05, 3.63) is 34.3 Å². The maximum absolute atomic E-state index is 12.0. The zero-order valence-corrected chi connectivity index (χ0v) is 12.6. The summed E-state index contributed by atoms with van der Waals surface area (Å²) in [6.07, 6.45) is -4.15. The SMILES string of the molecule is CC(CNCC(F)(F)F)N(C)Cc1ccc(Br)cc1. The average molecular weight is 339 g/mol. The van der Waals surface area contributed by atoms with E-state index in [-0.39, 0.29) is 6.04 Å². The molecule has 19 heavy (non-hydrogen) atoms. The van der Waals surface area contributed by atoms with Crippen LogP contribution in [0.25, 0.3) is 0 Å². The van der Waals surface area contributed by atoms with Gasteiger partial charge in [0.05, 0.1) is 6.54 Å². The number of alkyl halides is 3. The summed E-state index contributed by atoms with van der Waals surface area (Å²) >= 11 is 3.36. The molecule has 0 amide bonds. The van der Waals surface area contributed by atoms with E-state index in [9.17, 15) is 13.2 Å². The summed E-state index contributed by atoms with van der Waals surface area (Å²) in [6.45, 7) is 1.99. The lowest BCUT2D eigenvalue weighted by molar-refractivity contribution is -0.125. The van der Waals surface area contributed by atoms with Crippen LogP contribution in [0.3, 0.4) is 0 Å². The van der Waals surface area contributed by atoms with Crippen molar-refractivity contribution in [2.24, 2.45) is 0 Å². The van der Waals surface area contributed by atoms with Crippen molar-refractivity contribution in [3.8, 4) is 0 Å². The van der Waals surface area contributed by atoms with Gasteiger partial charge in [-0.1, -0.05) is 28.1 Å². The molecule has 108 valence electrons. The molecule has 1 N–H and O–H groups in total. The molecule has 0 aliphatic heterocycles. The molecule has 0 saturated heterocycles. The number of nitrogens with zero attached hydrogens (tertiary/aromatic N) is 1. The van der Waals surface area contributed by atoms with Crippen LogP contribution in [0.2, 0.25) is 0 Å². The largest absolute Gasteiger partial charge is 0.401 e. The van der Waals surface area contributed by atoms with Gasteiger partial charge in [-0.2, -0.15) is 13.2 Å². The quantitative estimate of drug-likeness (QED) is 0.854. The predicted octanol–water partition coefficient (Wildman–Crippen LogP) is 3.42. The summed E-state index contributed by atoms with van der Waals surface area (Å²) < 4.78 is 37.0. The van der Waals surface area contributed by atoms with Crippen LogP contribution < -0.4 is 5.32 Å². The Morgan fingerprint density at radius 3 is 2.37 bits per heavy atom. The van der Waals surface area contributed by atoms with Crippen molar-refractivity contribution in [2.45, 2.75) is 25.7 Å². The Balaban J connectivity index is 2.36. The first-order valence-corrected chi connectivity index (χ1v) is 6.79. The molecule has 1 atom stereocenters. The Labute approximate surface area is 120 Å². The van der Waals surface area contributed by atoms with E-state index in [0.29, 0.717) is 13.1 Å². The fourth-order valence-electron chi connectivity index (χ4n) is 1.61. The summed E-state index contributed by atoms with van der Waals surface area (Å²) in [7, 11) is 1.90. The van der Waals surface area contributed by atoms with Gasteiger partial charge in [0.15, 0.2) is 0 Å². The normalized spacial score (nSPS) is 13.8. The second-order valence-corrected chi connectivity index (χ2v) is 5.55. The minimum absolute atomic E-state index is 0.0333. The van der Waals surface area contributed by atoms with Gasteiger partial charge in [-0.15, -0.1) is 0 Å². The van der Waals surface area contributed by atoms with Crippen LogP contribution in [0.15, 0.2) is 28.7 Å². The molecule has 0 heterocycles. The molecule has 0 aromatic heterocycles. The van der Waals surface area contributed by atoms with E-state index in [2.05, 4.69) is 21.2 Å². The summed E-state index contributed by atoms with van der Waals surface area (Å²) in [6, 6.07) is 7.93. The number of nitrogens with one attached hydrogen (secondary N) is 1. The molecule has 0 aliphatic carbocycles. The highest BCUT2D eigenvalue weighted by atomic mass is 79.9. The zero-order valence-electron chi connectivity index (χ0n) is 11.0. The van der Waals surface area contributed by atoms with Gasteiger partial charge >= 0.3 is 6.18 Å². The fourth-order valence-corrected chi connectivity index (χ4v) is 1.88. The molecule has 1 aromatic rings. The van der Waals surface area contributed by atoms with Gasteiger partial charge in [-0.05, 0) is 31.7 Å². The van der Waals surface area contributed by atoms with E-state index in [4.69, 9.17) is 0 Å². The van der Waals surface area contributed by atoms with Crippen LogP contribution in [0.1, 0.15) is 12.5 Å². The molecule has 1 rings (SSSR count). The van der Waals surface area contributed by atoms with Gasteiger partial charge < -0.3 is 5.32 Å². The Morgan fingerprint density at radius 2 is 1.84 bits per heavy atom. The predicted molar refractivity (Wildman–Crippen MR) is 74.0 cm³/mol. The van der Waals surface area contributed by atoms with Crippen LogP contribution in [0.5, 0.6) is 0 Å². The molecule has 0 radical (unpaired) electrons. The van der Waals surface area contributed by atoms with Crippen LogP contribution in [0, 0.1) is 0 Å². The third-order valence-corrected chi connectivity index (χ3v) is 3.39. The van der Waals surface area contributed by atoms with E-state index < -0.39 is 12.7 Å². The van der Waals surface area contributed by atoms with Crippen molar-refractivity contribution in [2.75, 3.05) is 20.1 Å². The number of rotatable bonds is 6. The molecule has 0 fully saturated rings. The minimum Gasteiger partial charge on any atom is -0.307 e. The average Bonchev–Trinajstić information content (AvgIpc) is 2.30. The maximum atomic E-state index is 12.0. The van der Waals surface area contributed by atoms with E-state index in [0.717, 1.165) is 10.0 Å². The standard InChI is InChI=1S/C13H18BrF3N2/c1-10(7-18-9-13(15,16)17)19(2)8-11-3-5-12(14)6-4-11/h3-6,10,18H,7-9H2,1-2H3. The lowest BCUT2D eigenvalue weighted by Crippen LogP contribution is -2.40. The third kappa shape index (κ3) is 6.94. The highest BCUT2D eigenvalue weighted by Gasteiger charge is 2.26. The van der Waals surface area contributed by atoms with Crippen molar-refractivity contribution in [3.63, 3.8) is 0 Å². The molecular formula is C13H18BrF3N2. The zero-order chi connectivity index (χ0) is 14.5. The topological polar surface area (TPSA) is 15.3 Å². The van der Waals surface area contributed by atoms with E-state index in [1.54, 1.807) is 0 Å². The van der Waals surface area contributed by atoms with Gasteiger partial charge in [0, 0.05) is 23.6 Å². The number of hydrogen-bond acceptors (Lipinski definition) is 2. The highest BCUT2D eigenvalue weighted by Crippen LogP contribution is 2.14. The van der Waals surface area contributed by atoms with Crippen molar-refractivity contribution in [1.82, 2.24) is 10.2 Å². The highest BCUT2D eigenvalue weighted by molar-refractivity contribution is 9.10. The summed E-state index contributed by atoms with van der Waals surface area (Å²) in [5.74, 6) is 0. The van der Waals surface area contributed by atoms with Crippen LogP contribution in [-0.2, 0) is 6.54 Å². The second kappa shape index (κ2) is 7.26. The first kappa shape index (κ1) is 16.5. The first-order valence-electron chi connectivity index (χ1n) is 6.00. The maximum Gasteiger partial charge on any atom is 0.401 e. The molecule has 1 unspecified atom stereocenters. The summed E-state index contributed by atoms with van der Waals surface area (Å²) in [5, 5.41) is 2.43. The number of hydrogen-bond donors (Lipinski definition) is 1. The summed E-state index contributed by atoms with van der Waals surface area (Å²) in [4.78, 5) is 2.02. The molecule has 0 saturated carbocycles. The van der Waals surface area contributed by atoms with Crippen LogP contribution >= 0.6 is 15.9 Å². The molecular weight excluding hydrogens is 321 g/mol. The number of halogens is 4. The number of likely N-dealkylation sites (N-methyl/N-ethyl adjacent to an activating group) is 1. The van der Waals surface area contributed by atoms with Crippen LogP contribution in [0.4, 0.5) is 13.2 Å². The third-order valence-electron chi connectivity index (χ3n) is 2.86. The minimum atomic E-state index is -4.15. The molecule has 6 heteroatoms. The van der Waals surface area contributed by atoms with E-state index >= 15 is 0 Å². The number of benzene rings is 1. The monoisotopic (exact) mass is 338 g/mol. The van der Waals surface area contributed by atoms with Crippen molar-refractivity contribution < 1.29 is 13.2 Å². The molecule has 0 spiro atoms. The second-order valence-electron chi connectivity index (χ2n) is 4.64. The Kier molecular flexibility index (Phi) is 6.29. The van der Waals surface area contributed by atoms with Crippen LogP contribution in [-0.4, -0.2) is 37.3 Å². The van der Waals surface area contributed by atoms with E-state index in [1.807, 2.05) is 43.1 Å². The van der Waals surface area contributed by atoms with Crippen molar-refractivity contribution in [1.29, 1.82) is 0 Å². The Morgan fingerprint density at radius 1 is 1.26 bits per heavy atom. The van der Waals surface area contributed by atoms with Gasteiger partial charge in [-0.3, -0.25) is 4.90 Å². The lowest BCUT2D eigenvalue weighted by Gasteiger charge is -2.25. The molecule has 2 nitrogen and oxygen atoms in total. The molecule has 1 aromatic carbocycles. The van der Waals surface area contributed by atoms with Crippen molar-refractivity contribution >= 4 is 15.9 Å².